The van der Waals surface area contributed by atoms with Crippen LogP contribution < -0.4 is 4.74 Å². The maximum Gasteiger partial charge on any atom is 0.246 e. The van der Waals surface area contributed by atoms with Gasteiger partial charge in [0.2, 0.25) is 20.9 Å². The Kier molecular flexibility index (Phi) is 5.01. The second-order valence-corrected chi connectivity index (χ2v) is 8.44. The number of hydrogen-bond donors (Lipinski definition) is 0. The van der Waals surface area contributed by atoms with Crippen molar-refractivity contribution in [1.29, 1.82) is 0 Å². The van der Waals surface area contributed by atoms with Crippen LogP contribution in [0.1, 0.15) is 30.7 Å². The van der Waals surface area contributed by atoms with Gasteiger partial charge in [-0.3, -0.25) is 4.90 Å². The highest BCUT2D eigenvalue weighted by atomic mass is 32.2. The molecule has 0 bridgehead atoms. The summed E-state index contributed by atoms with van der Waals surface area (Å²) in [6.07, 6.45) is 5.40. The molecule has 134 valence electrons. The molecule has 1 aliphatic rings. The molecule has 0 radical (unpaired) electrons. The maximum atomic E-state index is 11.6. The van der Waals surface area contributed by atoms with Gasteiger partial charge >= 0.3 is 0 Å². The molecule has 1 aliphatic heterocycles. The van der Waals surface area contributed by atoms with Gasteiger partial charge in [0.15, 0.2) is 0 Å². The normalized spacial score (nSPS) is 15.2. The zero-order valence-electron chi connectivity index (χ0n) is 14.6. The van der Waals surface area contributed by atoms with Crippen LogP contribution in [0, 0.1) is 0 Å². The number of rotatable bonds is 5. The Bertz CT molecular complexity index is 851. The third kappa shape index (κ3) is 4.52. The molecule has 7 nitrogen and oxygen atoms in total. The van der Waals surface area contributed by atoms with Crippen molar-refractivity contribution in [1.82, 2.24) is 19.9 Å². The molecule has 0 aromatic carbocycles. The van der Waals surface area contributed by atoms with Crippen molar-refractivity contribution in [2.24, 2.45) is 0 Å². The Hall–Kier alpha value is -2.06. The lowest BCUT2D eigenvalue weighted by molar-refractivity contribution is 0.230. The molecule has 0 aliphatic carbocycles. The Labute approximate surface area is 148 Å². The van der Waals surface area contributed by atoms with Gasteiger partial charge < -0.3 is 4.74 Å². The van der Waals surface area contributed by atoms with E-state index in [9.17, 15) is 8.42 Å². The van der Waals surface area contributed by atoms with Crippen molar-refractivity contribution in [3.05, 3.63) is 41.3 Å². The van der Waals surface area contributed by atoms with Gasteiger partial charge in [-0.15, -0.1) is 0 Å². The molecule has 0 saturated carbocycles. The summed E-state index contributed by atoms with van der Waals surface area (Å²) in [4.78, 5) is 14.8. The molecule has 0 N–H and O–H groups in total. The van der Waals surface area contributed by atoms with E-state index in [1.54, 1.807) is 6.20 Å². The predicted molar refractivity (Wildman–Crippen MR) is 93.0 cm³/mol. The lowest BCUT2D eigenvalue weighted by atomic mass is 10.1. The highest BCUT2D eigenvalue weighted by molar-refractivity contribution is 7.90. The molecule has 3 rings (SSSR count). The van der Waals surface area contributed by atoms with Crippen molar-refractivity contribution < 1.29 is 13.2 Å². The van der Waals surface area contributed by atoms with Gasteiger partial charge in [-0.25, -0.2) is 23.4 Å². The summed E-state index contributed by atoms with van der Waals surface area (Å²) in [6, 6.07) is 3.90. The van der Waals surface area contributed by atoms with E-state index in [-0.39, 0.29) is 11.3 Å². The van der Waals surface area contributed by atoms with E-state index in [1.807, 2.05) is 32.2 Å². The second kappa shape index (κ2) is 7.05. The minimum atomic E-state index is -3.37. The highest BCUT2D eigenvalue weighted by Crippen LogP contribution is 2.20. The SMILES string of the molecule is CC(C)Oc1ccc(CN2CCc3nc(S(C)(=O)=O)ncc3C2)cn1. The molecular formula is C17H22N4O3S. The van der Waals surface area contributed by atoms with Crippen molar-refractivity contribution in [3.63, 3.8) is 0 Å². The highest BCUT2D eigenvalue weighted by Gasteiger charge is 2.21. The standard InChI is InChI=1S/C17H22N4O3S/c1-12(2)24-16-5-4-13(8-18-16)10-21-7-6-15-14(11-21)9-19-17(20-15)25(3,22)23/h4-5,8-9,12H,6-7,10-11H2,1-3H3. The molecular weight excluding hydrogens is 340 g/mol. The molecule has 0 atom stereocenters. The molecule has 8 heteroatoms. The molecule has 2 aromatic heterocycles. The first-order valence-electron chi connectivity index (χ1n) is 8.20. The Balaban J connectivity index is 1.67. The van der Waals surface area contributed by atoms with E-state index in [1.165, 1.54) is 0 Å². The van der Waals surface area contributed by atoms with Crippen LogP contribution in [0.25, 0.3) is 0 Å². The largest absolute Gasteiger partial charge is 0.475 e. The smallest absolute Gasteiger partial charge is 0.246 e. The van der Waals surface area contributed by atoms with Crippen LogP contribution >= 0.6 is 0 Å². The minimum Gasteiger partial charge on any atom is -0.475 e. The Morgan fingerprint density at radius 2 is 2.04 bits per heavy atom. The molecule has 0 unspecified atom stereocenters. The lowest BCUT2D eigenvalue weighted by Crippen LogP contribution is -2.31. The van der Waals surface area contributed by atoms with Crippen LogP contribution in [-0.2, 0) is 29.3 Å². The fourth-order valence-electron chi connectivity index (χ4n) is 2.74. The molecule has 0 saturated heterocycles. The number of hydrogen-bond acceptors (Lipinski definition) is 7. The van der Waals surface area contributed by atoms with Crippen molar-refractivity contribution >= 4 is 9.84 Å². The molecule has 0 spiro atoms. The number of fused-ring (bicyclic) bond motifs is 1. The Morgan fingerprint density at radius 1 is 1.24 bits per heavy atom. The maximum absolute atomic E-state index is 11.6. The van der Waals surface area contributed by atoms with Crippen LogP contribution in [-0.4, -0.2) is 47.2 Å². The van der Waals surface area contributed by atoms with Crippen LogP contribution in [0.4, 0.5) is 0 Å². The van der Waals surface area contributed by atoms with E-state index in [2.05, 4.69) is 19.9 Å². The summed E-state index contributed by atoms with van der Waals surface area (Å²) in [6.45, 7) is 6.22. The van der Waals surface area contributed by atoms with Crippen molar-refractivity contribution in [2.45, 2.75) is 44.6 Å². The summed E-state index contributed by atoms with van der Waals surface area (Å²) >= 11 is 0. The first kappa shape index (κ1) is 17.8. The summed E-state index contributed by atoms with van der Waals surface area (Å²) in [5, 5.41) is -0.0929. The first-order valence-corrected chi connectivity index (χ1v) is 10.1. The van der Waals surface area contributed by atoms with Crippen LogP contribution in [0.5, 0.6) is 5.88 Å². The van der Waals surface area contributed by atoms with Gasteiger partial charge in [-0.05, 0) is 19.4 Å². The number of ether oxygens (including phenoxy) is 1. The fourth-order valence-corrected chi connectivity index (χ4v) is 3.26. The third-order valence-electron chi connectivity index (χ3n) is 3.88. The topological polar surface area (TPSA) is 85.3 Å². The fraction of sp³-hybridized carbons (Fsp3) is 0.471. The van der Waals surface area contributed by atoms with E-state index >= 15 is 0 Å². The van der Waals surface area contributed by atoms with E-state index in [0.29, 0.717) is 18.8 Å². The van der Waals surface area contributed by atoms with E-state index in [0.717, 1.165) is 36.2 Å². The number of pyridine rings is 1. The van der Waals surface area contributed by atoms with E-state index < -0.39 is 9.84 Å². The molecule has 0 fully saturated rings. The van der Waals surface area contributed by atoms with Gasteiger partial charge in [0.25, 0.3) is 0 Å². The monoisotopic (exact) mass is 362 g/mol. The van der Waals surface area contributed by atoms with Crippen LogP contribution in [0.2, 0.25) is 0 Å². The average molecular weight is 362 g/mol. The number of nitrogens with zero attached hydrogens (tertiary/aromatic N) is 4. The van der Waals surface area contributed by atoms with Gasteiger partial charge in [-0.1, -0.05) is 6.07 Å². The molecule has 25 heavy (non-hydrogen) atoms. The lowest BCUT2D eigenvalue weighted by Gasteiger charge is -2.27. The zero-order chi connectivity index (χ0) is 18.0. The summed E-state index contributed by atoms with van der Waals surface area (Å²) in [7, 11) is -3.37. The first-order chi connectivity index (χ1) is 11.8. The number of aromatic nitrogens is 3. The predicted octanol–water partition coefficient (Wildman–Crippen LogP) is 1.62. The quantitative estimate of drug-likeness (QED) is 0.747. The minimum absolute atomic E-state index is 0.0929. The van der Waals surface area contributed by atoms with Crippen molar-refractivity contribution in [2.75, 3.05) is 12.8 Å². The van der Waals surface area contributed by atoms with Gasteiger partial charge in [-0.2, -0.15) is 0 Å². The third-order valence-corrected chi connectivity index (χ3v) is 4.74. The summed E-state index contributed by atoms with van der Waals surface area (Å²) < 4.78 is 28.7. The Morgan fingerprint density at radius 3 is 2.68 bits per heavy atom. The van der Waals surface area contributed by atoms with E-state index in [4.69, 9.17) is 4.74 Å². The van der Waals surface area contributed by atoms with Crippen molar-refractivity contribution in [3.8, 4) is 5.88 Å². The molecule has 0 amide bonds. The summed E-state index contributed by atoms with van der Waals surface area (Å²) in [5.74, 6) is 0.629. The molecule has 2 aromatic rings. The van der Waals surface area contributed by atoms with Crippen LogP contribution in [0.15, 0.2) is 29.7 Å². The van der Waals surface area contributed by atoms with Gasteiger partial charge in [0.05, 0.1) is 11.8 Å². The number of sulfone groups is 1. The average Bonchev–Trinajstić information content (AvgIpc) is 2.55. The van der Waals surface area contributed by atoms with Gasteiger partial charge in [0.1, 0.15) is 0 Å². The zero-order valence-corrected chi connectivity index (χ0v) is 15.5. The molecule has 3 heterocycles. The van der Waals surface area contributed by atoms with Gasteiger partial charge in [0, 0.05) is 56.3 Å². The second-order valence-electron chi connectivity index (χ2n) is 6.53. The summed E-state index contributed by atoms with van der Waals surface area (Å²) in [5.41, 5.74) is 2.91. The van der Waals surface area contributed by atoms with Crippen LogP contribution in [0.3, 0.4) is 0 Å².